The zero-order valence-corrected chi connectivity index (χ0v) is 11.4. The van der Waals surface area contributed by atoms with Crippen molar-refractivity contribution in [1.82, 2.24) is 0 Å². The van der Waals surface area contributed by atoms with Gasteiger partial charge in [0.05, 0.1) is 17.6 Å². The molecule has 0 saturated carbocycles. The second-order valence-corrected chi connectivity index (χ2v) is 6.14. The highest BCUT2D eigenvalue weighted by atomic mass is 35.5. The molecule has 1 heterocycles. The van der Waals surface area contributed by atoms with Gasteiger partial charge in [0.25, 0.3) is 0 Å². The highest BCUT2D eigenvalue weighted by Crippen LogP contribution is 2.32. The minimum absolute atomic E-state index is 0.0942. The first kappa shape index (κ1) is 13.6. The standard InChI is InChI=1S/C14H15ClO2S/c15-13-7-6-12(18-13)8-14(9-16,10-17)11-4-2-1-3-5-11/h1-7,16-17H,8-10H2. The Morgan fingerprint density at radius 3 is 2.17 bits per heavy atom. The Labute approximate surface area is 115 Å². The first-order valence-corrected chi connectivity index (χ1v) is 6.91. The summed E-state index contributed by atoms with van der Waals surface area (Å²) >= 11 is 7.40. The molecule has 4 heteroatoms. The molecule has 0 saturated heterocycles. The summed E-state index contributed by atoms with van der Waals surface area (Å²) in [5.41, 5.74) is 0.301. The van der Waals surface area contributed by atoms with E-state index in [4.69, 9.17) is 11.6 Å². The van der Waals surface area contributed by atoms with E-state index in [2.05, 4.69) is 0 Å². The summed E-state index contributed by atoms with van der Waals surface area (Å²) < 4.78 is 0.725. The molecule has 0 radical (unpaired) electrons. The normalized spacial score (nSPS) is 11.7. The summed E-state index contributed by atoms with van der Waals surface area (Å²) in [5.74, 6) is 0. The number of benzene rings is 1. The van der Waals surface area contributed by atoms with Crippen LogP contribution >= 0.6 is 22.9 Å². The molecule has 18 heavy (non-hydrogen) atoms. The molecule has 0 aliphatic carbocycles. The summed E-state index contributed by atoms with van der Waals surface area (Å²) in [4.78, 5) is 1.06. The minimum atomic E-state index is -0.643. The SMILES string of the molecule is OCC(CO)(Cc1ccc(Cl)s1)c1ccccc1. The Balaban J connectivity index is 2.32. The van der Waals surface area contributed by atoms with Crippen LogP contribution in [0.5, 0.6) is 0 Å². The second-order valence-electron chi connectivity index (χ2n) is 4.35. The highest BCUT2D eigenvalue weighted by Gasteiger charge is 2.31. The van der Waals surface area contributed by atoms with Crippen molar-refractivity contribution < 1.29 is 10.2 Å². The second kappa shape index (κ2) is 5.85. The average molecular weight is 283 g/mol. The van der Waals surface area contributed by atoms with E-state index >= 15 is 0 Å². The summed E-state index contributed by atoms with van der Waals surface area (Å²) in [6, 6.07) is 13.4. The van der Waals surface area contributed by atoms with Crippen LogP contribution in [0, 0.1) is 0 Å². The van der Waals surface area contributed by atoms with Gasteiger partial charge in [-0.15, -0.1) is 11.3 Å². The number of thiophene rings is 1. The van der Waals surface area contributed by atoms with Crippen molar-refractivity contribution in [3.05, 3.63) is 57.2 Å². The van der Waals surface area contributed by atoms with E-state index in [1.165, 1.54) is 11.3 Å². The van der Waals surface area contributed by atoms with Gasteiger partial charge in [-0.3, -0.25) is 0 Å². The molecule has 0 amide bonds. The van der Waals surface area contributed by atoms with Crippen LogP contribution in [0.1, 0.15) is 10.4 Å². The van der Waals surface area contributed by atoms with Crippen LogP contribution in [-0.4, -0.2) is 23.4 Å². The van der Waals surface area contributed by atoms with E-state index in [0.29, 0.717) is 6.42 Å². The maximum absolute atomic E-state index is 9.71. The van der Waals surface area contributed by atoms with E-state index in [0.717, 1.165) is 14.8 Å². The maximum atomic E-state index is 9.71. The highest BCUT2D eigenvalue weighted by molar-refractivity contribution is 7.16. The Hall–Kier alpha value is -0.870. The van der Waals surface area contributed by atoms with E-state index in [9.17, 15) is 10.2 Å². The van der Waals surface area contributed by atoms with Gasteiger partial charge in [-0.25, -0.2) is 0 Å². The predicted molar refractivity (Wildman–Crippen MR) is 75.3 cm³/mol. The molecule has 0 bridgehead atoms. The third-order valence-electron chi connectivity index (χ3n) is 3.13. The van der Waals surface area contributed by atoms with Gasteiger partial charge in [0.2, 0.25) is 0 Å². The molecule has 2 rings (SSSR count). The van der Waals surface area contributed by atoms with Crippen molar-refractivity contribution in [2.75, 3.05) is 13.2 Å². The first-order chi connectivity index (χ1) is 8.70. The predicted octanol–water partition coefficient (Wildman–Crippen LogP) is 2.87. The van der Waals surface area contributed by atoms with E-state index in [1.54, 1.807) is 0 Å². The lowest BCUT2D eigenvalue weighted by Gasteiger charge is -2.30. The number of halogens is 1. The fraction of sp³-hybridized carbons (Fsp3) is 0.286. The molecular formula is C14H15ClO2S. The smallest absolute Gasteiger partial charge is 0.0931 e. The zero-order valence-electron chi connectivity index (χ0n) is 9.84. The van der Waals surface area contributed by atoms with Gasteiger partial charge in [-0.05, 0) is 24.1 Å². The fourth-order valence-electron chi connectivity index (χ4n) is 2.02. The van der Waals surface area contributed by atoms with E-state index < -0.39 is 5.41 Å². The molecule has 1 aromatic carbocycles. The van der Waals surface area contributed by atoms with Crippen LogP contribution in [-0.2, 0) is 11.8 Å². The number of aliphatic hydroxyl groups excluding tert-OH is 2. The summed E-state index contributed by atoms with van der Waals surface area (Å²) in [7, 11) is 0. The largest absolute Gasteiger partial charge is 0.395 e. The molecular weight excluding hydrogens is 268 g/mol. The molecule has 1 aromatic heterocycles. The van der Waals surface area contributed by atoms with Crippen LogP contribution in [0.3, 0.4) is 0 Å². The third kappa shape index (κ3) is 2.75. The molecule has 0 unspecified atom stereocenters. The lowest BCUT2D eigenvalue weighted by atomic mass is 9.78. The van der Waals surface area contributed by atoms with Crippen LogP contribution in [0.15, 0.2) is 42.5 Å². The molecule has 0 spiro atoms. The Morgan fingerprint density at radius 1 is 1.00 bits per heavy atom. The Bertz CT molecular complexity index is 492. The van der Waals surface area contributed by atoms with Gasteiger partial charge in [-0.1, -0.05) is 41.9 Å². The summed E-state index contributed by atoms with van der Waals surface area (Å²) in [5, 5.41) is 19.4. The quantitative estimate of drug-likeness (QED) is 0.885. The summed E-state index contributed by atoms with van der Waals surface area (Å²) in [6.07, 6.45) is 0.585. The molecule has 0 aliphatic heterocycles. The Morgan fingerprint density at radius 2 is 1.67 bits per heavy atom. The first-order valence-electron chi connectivity index (χ1n) is 5.72. The van der Waals surface area contributed by atoms with Gasteiger partial charge < -0.3 is 10.2 Å². The lowest BCUT2D eigenvalue weighted by Crippen LogP contribution is -2.37. The fourth-order valence-corrected chi connectivity index (χ4v) is 3.25. The topological polar surface area (TPSA) is 40.5 Å². The Kier molecular flexibility index (Phi) is 4.40. The third-order valence-corrected chi connectivity index (χ3v) is 4.36. The molecule has 0 fully saturated rings. The molecule has 2 nitrogen and oxygen atoms in total. The van der Waals surface area contributed by atoms with Crippen molar-refractivity contribution in [3.8, 4) is 0 Å². The van der Waals surface area contributed by atoms with Crippen LogP contribution < -0.4 is 0 Å². The van der Waals surface area contributed by atoms with E-state index in [1.807, 2.05) is 42.5 Å². The van der Waals surface area contributed by atoms with Crippen molar-refractivity contribution in [2.24, 2.45) is 0 Å². The number of hydrogen-bond acceptors (Lipinski definition) is 3. The molecule has 2 N–H and O–H groups in total. The van der Waals surface area contributed by atoms with Crippen molar-refractivity contribution >= 4 is 22.9 Å². The van der Waals surface area contributed by atoms with Crippen LogP contribution in [0.4, 0.5) is 0 Å². The molecule has 2 aromatic rings. The minimum Gasteiger partial charge on any atom is -0.395 e. The number of rotatable bonds is 5. The number of aliphatic hydroxyl groups is 2. The molecule has 96 valence electrons. The monoisotopic (exact) mass is 282 g/mol. The number of hydrogen-bond donors (Lipinski definition) is 2. The lowest BCUT2D eigenvalue weighted by molar-refractivity contribution is 0.117. The molecule has 0 atom stereocenters. The average Bonchev–Trinajstić information content (AvgIpc) is 2.82. The van der Waals surface area contributed by atoms with Crippen molar-refractivity contribution in [3.63, 3.8) is 0 Å². The van der Waals surface area contributed by atoms with Gasteiger partial charge in [0.1, 0.15) is 0 Å². The van der Waals surface area contributed by atoms with E-state index in [-0.39, 0.29) is 13.2 Å². The molecule has 0 aliphatic rings. The van der Waals surface area contributed by atoms with Gasteiger partial charge in [0, 0.05) is 10.3 Å². The van der Waals surface area contributed by atoms with Crippen LogP contribution in [0.2, 0.25) is 4.34 Å². The van der Waals surface area contributed by atoms with Gasteiger partial charge in [0.15, 0.2) is 0 Å². The van der Waals surface area contributed by atoms with Crippen LogP contribution in [0.25, 0.3) is 0 Å². The summed E-state index contributed by atoms with van der Waals surface area (Å²) in [6.45, 7) is -0.188. The van der Waals surface area contributed by atoms with Gasteiger partial charge >= 0.3 is 0 Å². The van der Waals surface area contributed by atoms with Gasteiger partial charge in [-0.2, -0.15) is 0 Å². The zero-order chi connectivity index (χ0) is 13.0. The van der Waals surface area contributed by atoms with Crippen molar-refractivity contribution in [2.45, 2.75) is 11.8 Å². The van der Waals surface area contributed by atoms with Crippen molar-refractivity contribution in [1.29, 1.82) is 0 Å². The maximum Gasteiger partial charge on any atom is 0.0931 e.